The molecule has 5 heteroatoms. The second kappa shape index (κ2) is 7.67. The highest BCUT2D eigenvalue weighted by atomic mass is 32.2. The van der Waals surface area contributed by atoms with Crippen LogP contribution < -0.4 is 10.1 Å². The van der Waals surface area contributed by atoms with Crippen LogP contribution >= 0.6 is 11.8 Å². The standard InChI is InChI=1S/C18H26N2O2S/c1-12(2)18(21)23-6-4-13-8-17(13)14-7-16(10-19-9-14)22-11-15-3-5-20-15/h7,9-10,12-13,15,17,20H,3-6,8,11H2,1-2H3. The smallest absolute Gasteiger partial charge is 0.191 e. The summed E-state index contributed by atoms with van der Waals surface area (Å²) in [5.41, 5.74) is 1.29. The van der Waals surface area contributed by atoms with Crippen molar-refractivity contribution in [2.75, 3.05) is 18.9 Å². The Labute approximate surface area is 142 Å². The van der Waals surface area contributed by atoms with Gasteiger partial charge < -0.3 is 10.1 Å². The molecule has 0 bridgehead atoms. The molecular formula is C18H26N2O2S. The monoisotopic (exact) mass is 334 g/mol. The zero-order valence-corrected chi connectivity index (χ0v) is 14.8. The van der Waals surface area contributed by atoms with E-state index in [0.29, 0.717) is 23.0 Å². The van der Waals surface area contributed by atoms with Crippen molar-refractivity contribution in [2.45, 2.75) is 45.1 Å². The van der Waals surface area contributed by atoms with Crippen molar-refractivity contribution in [3.63, 3.8) is 0 Å². The fraction of sp³-hybridized carbons (Fsp3) is 0.667. The Hall–Kier alpha value is -1.07. The second-order valence-electron chi connectivity index (χ2n) is 6.92. The van der Waals surface area contributed by atoms with Crippen LogP contribution in [0.25, 0.3) is 0 Å². The van der Waals surface area contributed by atoms with Crippen molar-refractivity contribution in [2.24, 2.45) is 11.8 Å². The topological polar surface area (TPSA) is 51.2 Å². The van der Waals surface area contributed by atoms with Crippen LogP contribution in [0.3, 0.4) is 0 Å². The molecule has 126 valence electrons. The maximum absolute atomic E-state index is 11.6. The molecule has 0 spiro atoms. The average molecular weight is 334 g/mol. The zero-order valence-electron chi connectivity index (χ0n) is 14.0. The van der Waals surface area contributed by atoms with Crippen LogP contribution in [0.15, 0.2) is 18.5 Å². The molecule has 2 heterocycles. The Morgan fingerprint density at radius 1 is 1.48 bits per heavy atom. The summed E-state index contributed by atoms with van der Waals surface area (Å²) in [6.45, 7) is 5.76. The molecular weight excluding hydrogens is 308 g/mol. The van der Waals surface area contributed by atoms with Gasteiger partial charge >= 0.3 is 0 Å². The first-order valence-electron chi connectivity index (χ1n) is 8.61. The van der Waals surface area contributed by atoms with Crippen molar-refractivity contribution < 1.29 is 9.53 Å². The van der Waals surface area contributed by atoms with Gasteiger partial charge in [0.2, 0.25) is 0 Å². The molecule has 1 aromatic rings. The zero-order chi connectivity index (χ0) is 16.2. The number of carbonyl (C=O) groups is 1. The van der Waals surface area contributed by atoms with E-state index in [-0.39, 0.29) is 5.92 Å². The third kappa shape index (κ3) is 4.70. The number of aromatic nitrogens is 1. The lowest BCUT2D eigenvalue weighted by Gasteiger charge is -2.27. The number of rotatable bonds is 8. The van der Waals surface area contributed by atoms with E-state index >= 15 is 0 Å². The summed E-state index contributed by atoms with van der Waals surface area (Å²) in [5.74, 6) is 3.26. The molecule has 1 N–H and O–H groups in total. The molecule has 0 amide bonds. The summed E-state index contributed by atoms with van der Waals surface area (Å²) in [6.07, 6.45) is 7.30. The molecule has 0 radical (unpaired) electrons. The minimum absolute atomic E-state index is 0.137. The fourth-order valence-corrected chi connectivity index (χ4v) is 3.81. The van der Waals surface area contributed by atoms with Crippen LogP contribution in [0.4, 0.5) is 0 Å². The molecule has 2 aliphatic rings. The van der Waals surface area contributed by atoms with Crippen LogP contribution in [0.5, 0.6) is 5.75 Å². The van der Waals surface area contributed by atoms with Gasteiger partial charge in [-0.15, -0.1) is 0 Å². The van der Waals surface area contributed by atoms with Gasteiger partial charge in [0, 0.05) is 23.9 Å². The van der Waals surface area contributed by atoms with Crippen LogP contribution in [0, 0.1) is 11.8 Å². The molecule has 3 atom stereocenters. The van der Waals surface area contributed by atoms with Gasteiger partial charge in [-0.25, -0.2) is 0 Å². The third-order valence-electron chi connectivity index (χ3n) is 4.67. The quantitative estimate of drug-likeness (QED) is 0.791. The van der Waals surface area contributed by atoms with Gasteiger partial charge in [-0.2, -0.15) is 0 Å². The fourth-order valence-electron chi connectivity index (χ4n) is 2.86. The summed E-state index contributed by atoms with van der Waals surface area (Å²) in [6, 6.07) is 2.64. The van der Waals surface area contributed by atoms with E-state index in [9.17, 15) is 4.79 Å². The van der Waals surface area contributed by atoms with E-state index < -0.39 is 0 Å². The lowest BCUT2D eigenvalue weighted by Crippen LogP contribution is -2.46. The maximum Gasteiger partial charge on any atom is 0.191 e. The molecule has 4 nitrogen and oxygen atoms in total. The SMILES string of the molecule is CC(C)C(=O)SCCC1CC1c1cncc(OCC2CCN2)c1. The highest BCUT2D eigenvalue weighted by Crippen LogP contribution is 2.50. The Bertz CT molecular complexity index is 546. The van der Waals surface area contributed by atoms with E-state index in [1.165, 1.54) is 30.2 Å². The number of ether oxygens (including phenoxy) is 1. The van der Waals surface area contributed by atoms with E-state index in [1.54, 1.807) is 6.20 Å². The summed E-state index contributed by atoms with van der Waals surface area (Å²) in [7, 11) is 0. The molecule has 1 aromatic heterocycles. The van der Waals surface area contributed by atoms with Gasteiger partial charge in [-0.05, 0) is 49.3 Å². The van der Waals surface area contributed by atoms with E-state index in [0.717, 1.165) is 31.1 Å². The van der Waals surface area contributed by atoms with Gasteiger partial charge in [0.15, 0.2) is 5.12 Å². The first-order chi connectivity index (χ1) is 11.1. The van der Waals surface area contributed by atoms with Crippen LogP contribution in [-0.2, 0) is 4.79 Å². The molecule has 3 unspecified atom stereocenters. The minimum atomic E-state index is 0.137. The normalized spacial score (nSPS) is 26.0. The van der Waals surface area contributed by atoms with Crippen LogP contribution in [-0.4, -0.2) is 35.0 Å². The molecule has 1 saturated carbocycles. The second-order valence-corrected chi connectivity index (χ2v) is 8.02. The summed E-state index contributed by atoms with van der Waals surface area (Å²) in [4.78, 5) is 16.0. The number of nitrogens with one attached hydrogen (secondary N) is 1. The molecule has 1 aliphatic heterocycles. The Balaban J connectivity index is 1.42. The van der Waals surface area contributed by atoms with E-state index in [1.807, 2.05) is 20.0 Å². The van der Waals surface area contributed by atoms with Crippen molar-refractivity contribution >= 4 is 16.9 Å². The number of hydrogen-bond donors (Lipinski definition) is 1. The molecule has 1 aliphatic carbocycles. The Kier molecular flexibility index (Phi) is 5.59. The maximum atomic E-state index is 11.6. The highest BCUT2D eigenvalue weighted by molar-refractivity contribution is 8.13. The number of carbonyl (C=O) groups excluding carboxylic acids is 1. The number of pyridine rings is 1. The van der Waals surface area contributed by atoms with Gasteiger partial charge in [-0.3, -0.25) is 9.78 Å². The average Bonchev–Trinajstić information content (AvgIpc) is 3.25. The lowest BCUT2D eigenvalue weighted by molar-refractivity contribution is -0.113. The van der Waals surface area contributed by atoms with Gasteiger partial charge in [0.1, 0.15) is 12.4 Å². The highest BCUT2D eigenvalue weighted by Gasteiger charge is 2.38. The van der Waals surface area contributed by atoms with Crippen molar-refractivity contribution in [3.8, 4) is 5.75 Å². The molecule has 23 heavy (non-hydrogen) atoms. The van der Waals surface area contributed by atoms with Gasteiger partial charge in [0.25, 0.3) is 0 Å². The van der Waals surface area contributed by atoms with Gasteiger partial charge in [-0.1, -0.05) is 25.6 Å². The lowest BCUT2D eigenvalue weighted by atomic mass is 10.1. The summed E-state index contributed by atoms with van der Waals surface area (Å²) < 4.78 is 5.83. The van der Waals surface area contributed by atoms with Crippen LogP contribution in [0.2, 0.25) is 0 Å². The number of thioether (sulfide) groups is 1. The Morgan fingerprint density at radius 2 is 2.30 bits per heavy atom. The largest absolute Gasteiger partial charge is 0.490 e. The van der Waals surface area contributed by atoms with Crippen LogP contribution in [0.1, 0.15) is 44.6 Å². The first kappa shape index (κ1) is 16.8. The van der Waals surface area contributed by atoms with E-state index in [4.69, 9.17) is 4.74 Å². The number of hydrogen-bond acceptors (Lipinski definition) is 5. The third-order valence-corrected chi connectivity index (χ3v) is 5.86. The first-order valence-corrected chi connectivity index (χ1v) is 9.60. The van der Waals surface area contributed by atoms with Crippen molar-refractivity contribution in [1.29, 1.82) is 0 Å². The molecule has 1 saturated heterocycles. The minimum Gasteiger partial charge on any atom is -0.490 e. The predicted molar refractivity (Wildman–Crippen MR) is 93.9 cm³/mol. The predicted octanol–water partition coefficient (Wildman–Crippen LogP) is 3.23. The molecule has 0 aromatic carbocycles. The van der Waals surface area contributed by atoms with Crippen molar-refractivity contribution in [1.82, 2.24) is 10.3 Å². The van der Waals surface area contributed by atoms with Crippen molar-refractivity contribution in [3.05, 3.63) is 24.0 Å². The summed E-state index contributed by atoms with van der Waals surface area (Å²) >= 11 is 1.49. The summed E-state index contributed by atoms with van der Waals surface area (Å²) in [5, 5.41) is 3.65. The Morgan fingerprint density at radius 3 is 3.00 bits per heavy atom. The molecule has 3 rings (SSSR count). The number of nitrogens with zero attached hydrogens (tertiary/aromatic N) is 1. The molecule has 2 fully saturated rings. The van der Waals surface area contributed by atoms with Gasteiger partial charge in [0.05, 0.1) is 6.20 Å². The van der Waals surface area contributed by atoms with E-state index in [2.05, 4.69) is 16.4 Å².